The lowest BCUT2D eigenvalue weighted by molar-refractivity contribution is 0.312. The van der Waals surface area contributed by atoms with Gasteiger partial charge in [0.25, 0.3) is 0 Å². The maximum Gasteiger partial charge on any atom is 0.191 e. The van der Waals surface area contributed by atoms with Gasteiger partial charge in [-0.3, -0.25) is 4.99 Å². The normalized spacial score (nSPS) is 15.0. The van der Waals surface area contributed by atoms with Gasteiger partial charge in [0.05, 0.1) is 0 Å². The smallest absolute Gasteiger partial charge is 0.191 e. The zero-order valence-electron chi connectivity index (χ0n) is 18.0. The molecule has 1 aromatic heterocycles. The molecule has 7 heteroatoms. The number of anilines is 1. The van der Waals surface area contributed by atoms with Crippen molar-refractivity contribution in [1.29, 1.82) is 0 Å². The van der Waals surface area contributed by atoms with Gasteiger partial charge in [-0.15, -0.1) is 0 Å². The minimum atomic E-state index is 0.486. The summed E-state index contributed by atoms with van der Waals surface area (Å²) in [6.45, 7) is 9.57. The number of nitrogens with zero attached hydrogens (tertiary/aromatic N) is 4. The zero-order valence-corrected chi connectivity index (χ0v) is 18.0. The molecule has 0 aliphatic carbocycles. The fourth-order valence-corrected chi connectivity index (χ4v) is 3.39. The Morgan fingerprint density at radius 1 is 1.10 bits per heavy atom. The van der Waals surface area contributed by atoms with Gasteiger partial charge in [-0.2, -0.15) is 0 Å². The quantitative estimate of drug-likeness (QED) is 0.397. The Morgan fingerprint density at radius 2 is 1.80 bits per heavy atom. The molecule has 0 radical (unpaired) electrons. The monoisotopic (exact) mass is 408 g/mol. The Balaban J connectivity index is 1.59. The summed E-state index contributed by atoms with van der Waals surface area (Å²) in [5, 5.41) is 6.78. The molecule has 30 heavy (non-hydrogen) atoms. The topological polar surface area (TPSA) is 65.0 Å². The number of likely N-dealkylation sites (N-methyl/N-ethyl adjacent to an activating group) is 1. The second-order valence-electron chi connectivity index (χ2n) is 7.26. The highest BCUT2D eigenvalue weighted by molar-refractivity contribution is 5.79. The van der Waals surface area contributed by atoms with E-state index in [0.29, 0.717) is 19.7 Å². The minimum Gasteiger partial charge on any atom is -0.489 e. The van der Waals surface area contributed by atoms with E-state index in [4.69, 9.17) is 4.74 Å². The fourth-order valence-electron chi connectivity index (χ4n) is 3.39. The van der Waals surface area contributed by atoms with E-state index in [1.807, 2.05) is 36.5 Å². The largest absolute Gasteiger partial charge is 0.489 e. The fraction of sp³-hybridized carbons (Fsp3) is 0.391. The molecule has 2 heterocycles. The first-order valence-corrected chi connectivity index (χ1v) is 10.3. The van der Waals surface area contributed by atoms with Gasteiger partial charge in [-0.1, -0.05) is 36.9 Å². The number of para-hydroxylation sites is 1. The molecule has 0 atom stereocenters. The van der Waals surface area contributed by atoms with Gasteiger partial charge in [-0.25, -0.2) is 4.98 Å². The number of nitrogens with one attached hydrogen (secondary N) is 2. The maximum absolute atomic E-state index is 5.74. The van der Waals surface area contributed by atoms with E-state index >= 15 is 0 Å². The Kier molecular flexibility index (Phi) is 8.09. The summed E-state index contributed by atoms with van der Waals surface area (Å²) in [6.07, 6.45) is 3.61. The second kappa shape index (κ2) is 11.2. The van der Waals surface area contributed by atoms with Crippen LogP contribution in [-0.2, 0) is 13.1 Å². The molecular formula is C23H32N6O. The number of aliphatic imine (C=N–C) groups is 1. The molecule has 7 nitrogen and oxygen atoms in total. The Hall–Kier alpha value is -3.06. The molecule has 1 aromatic carbocycles. The molecule has 1 saturated heterocycles. The van der Waals surface area contributed by atoms with Crippen molar-refractivity contribution in [2.45, 2.75) is 13.1 Å². The van der Waals surface area contributed by atoms with E-state index in [1.54, 1.807) is 13.1 Å². The highest BCUT2D eigenvalue weighted by atomic mass is 16.5. The molecule has 1 fully saturated rings. The van der Waals surface area contributed by atoms with Crippen LogP contribution in [0.15, 0.2) is 60.2 Å². The average molecular weight is 409 g/mol. The predicted octanol–water partition coefficient (Wildman–Crippen LogP) is 2.26. The van der Waals surface area contributed by atoms with E-state index < -0.39 is 0 Å². The van der Waals surface area contributed by atoms with Crippen LogP contribution < -0.4 is 20.3 Å². The van der Waals surface area contributed by atoms with Gasteiger partial charge in [0.2, 0.25) is 0 Å². The molecule has 1 aliphatic rings. The molecule has 1 aliphatic heterocycles. The highest BCUT2D eigenvalue weighted by Crippen LogP contribution is 2.19. The maximum atomic E-state index is 5.74. The number of hydrogen-bond donors (Lipinski definition) is 2. The first-order valence-electron chi connectivity index (χ1n) is 10.3. The van der Waals surface area contributed by atoms with Crippen LogP contribution in [-0.4, -0.2) is 62.7 Å². The Morgan fingerprint density at radius 3 is 2.53 bits per heavy atom. The lowest BCUT2D eigenvalue weighted by atomic mass is 10.2. The molecule has 2 N–H and O–H groups in total. The van der Waals surface area contributed by atoms with Crippen LogP contribution >= 0.6 is 0 Å². The summed E-state index contributed by atoms with van der Waals surface area (Å²) < 4.78 is 5.74. The van der Waals surface area contributed by atoms with Crippen LogP contribution in [0.25, 0.3) is 0 Å². The van der Waals surface area contributed by atoms with Crippen molar-refractivity contribution in [2.24, 2.45) is 4.99 Å². The summed E-state index contributed by atoms with van der Waals surface area (Å²) >= 11 is 0. The molecule has 0 amide bonds. The van der Waals surface area contributed by atoms with E-state index in [2.05, 4.69) is 50.1 Å². The lowest BCUT2D eigenvalue weighted by Gasteiger charge is -2.34. The van der Waals surface area contributed by atoms with Crippen molar-refractivity contribution in [3.63, 3.8) is 0 Å². The molecule has 160 valence electrons. The Bertz CT molecular complexity index is 845. The number of benzene rings is 1. The third kappa shape index (κ3) is 5.97. The van der Waals surface area contributed by atoms with E-state index in [9.17, 15) is 0 Å². The summed E-state index contributed by atoms with van der Waals surface area (Å²) in [5.74, 6) is 2.64. The van der Waals surface area contributed by atoms with Crippen LogP contribution in [0.3, 0.4) is 0 Å². The van der Waals surface area contributed by atoms with Crippen molar-refractivity contribution in [2.75, 3.05) is 51.8 Å². The standard InChI is InChI=1S/C23H32N6O/c1-4-16-30-21-10-6-5-8-19(21)17-26-23(24-2)27-18-20-9-7-11-25-22(20)29-14-12-28(3)13-15-29/h4-11H,1,12-18H2,2-3H3,(H2,24,26,27). The van der Waals surface area contributed by atoms with Gasteiger partial charge in [0.1, 0.15) is 18.2 Å². The summed E-state index contributed by atoms with van der Waals surface area (Å²) in [4.78, 5) is 13.7. The molecule has 0 bridgehead atoms. The second-order valence-corrected chi connectivity index (χ2v) is 7.26. The summed E-state index contributed by atoms with van der Waals surface area (Å²) in [7, 11) is 3.94. The van der Waals surface area contributed by atoms with Gasteiger partial charge in [0, 0.05) is 63.6 Å². The minimum absolute atomic E-state index is 0.486. The molecule has 0 spiro atoms. The van der Waals surface area contributed by atoms with Gasteiger partial charge < -0.3 is 25.2 Å². The average Bonchev–Trinajstić information content (AvgIpc) is 2.79. The summed E-state index contributed by atoms with van der Waals surface area (Å²) in [5.41, 5.74) is 2.24. The lowest BCUT2D eigenvalue weighted by Crippen LogP contribution is -2.45. The number of pyridine rings is 1. The number of guanidine groups is 1. The number of ether oxygens (including phenoxy) is 1. The van der Waals surface area contributed by atoms with Crippen LogP contribution in [0.1, 0.15) is 11.1 Å². The van der Waals surface area contributed by atoms with E-state index in [0.717, 1.165) is 49.3 Å². The third-order valence-corrected chi connectivity index (χ3v) is 5.12. The van der Waals surface area contributed by atoms with E-state index in [1.165, 1.54) is 5.56 Å². The van der Waals surface area contributed by atoms with Crippen LogP contribution in [0, 0.1) is 0 Å². The van der Waals surface area contributed by atoms with E-state index in [-0.39, 0.29) is 0 Å². The molecular weight excluding hydrogens is 376 g/mol. The van der Waals surface area contributed by atoms with Crippen molar-refractivity contribution in [1.82, 2.24) is 20.5 Å². The number of piperazine rings is 1. The van der Waals surface area contributed by atoms with Gasteiger partial charge >= 0.3 is 0 Å². The number of rotatable bonds is 8. The van der Waals surface area contributed by atoms with Crippen LogP contribution in [0.2, 0.25) is 0 Å². The van der Waals surface area contributed by atoms with Crippen LogP contribution in [0.4, 0.5) is 5.82 Å². The molecule has 2 aromatic rings. The van der Waals surface area contributed by atoms with Crippen molar-refractivity contribution in [3.05, 3.63) is 66.4 Å². The van der Waals surface area contributed by atoms with Crippen molar-refractivity contribution >= 4 is 11.8 Å². The molecule has 0 unspecified atom stereocenters. The Labute approximate surface area is 179 Å². The van der Waals surface area contributed by atoms with Crippen molar-refractivity contribution in [3.8, 4) is 5.75 Å². The first kappa shape index (κ1) is 21.6. The van der Waals surface area contributed by atoms with Gasteiger partial charge in [-0.05, 0) is 19.2 Å². The molecule has 3 rings (SSSR count). The van der Waals surface area contributed by atoms with Gasteiger partial charge in [0.15, 0.2) is 5.96 Å². The zero-order chi connectivity index (χ0) is 21.2. The number of aromatic nitrogens is 1. The highest BCUT2D eigenvalue weighted by Gasteiger charge is 2.18. The SMILES string of the molecule is C=CCOc1ccccc1CNC(=NC)NCc1cccnc1N1CCN(C)CC1. The van der Waals surface area contributed by atoms with Crippen LogP contribution in [0.5, 0.6) is 5.75 Å². The third-order valence-electron chi connectivity index (χ3n) is 5.12. The summed E-state index contributed by atoms with van der Waals surface area (Å²) in [6, 6.07) is 12.1. The van der Waals surface area contributed by atoms with Crippen molar-refractivity contribution < 1.29 is 4.74 Å². The molecule has 0 saturated carbocycles. The predicted molar refractivity (Wildman–Crippen MR) is 123 cm³/mol. The number of hydrogen-bond acceptors (Lipinski definition) is 5. The first-order chi connectivity index (χ1) is 14.7.